The van der Waals surface area contributed by atoms with Gasteiger partial charge in [0.15, 0.2) is 0 Å². The molecule has 3 aromatic heterocycles. The second-order valence-corrected chi connectivity index (χ2v) is 24.7. The molecule has 2 saturated carbocycles. The molecular weight excluding hydrogens is 1030 g/mol. The van der Waals surface area contributed by atoms with Crippen molar-refractivity contribution in [2.45, 2.75) is 70.1 Å². The van der Waals surface area contributed by atoms with Crippen molar-refractivity contribution in [1.29, 1.82) is 0 Å². The molecule has 4 nitrogen and oxygen atoms in total. The van der Waals surface area contributed by atoms with Gasteiger partial charge >= 0.3 is 0 Å². The number of hydrogen-bond acceptors (Lipinski definition) is 1. The number of H-pyrrole nitrogens is 1. The number of rotatable bonds is 5. The zero-order chi connectivity index (χ0) is 56.8. The van der Waals surface area contributed by atoms with Gasteiger partial charge in [0.1, 0.15) is 0 Å². The number of aromatic nitrogens is 3. The van der Waals surface area contributed by atoms with Crippen LogP contribution in [0.2, 0.25) is 0 Å². The molecule has 19 rings (SSSR count). The predicted octanol–water partition coefficient (Wildman–Crippen LogP) is 19.5. The maximum absolute atomic E-state index is 3.60. The Morgan fingerprint density at radius 1 is 0.576 bits per heavy atom. The summed E-state index contributed by atoms with van der Waals surface area (Å²) in [5, 5.41) is 7.56. The Morgan fingerprint density at radius 2 is 1.31 bits per heavy atom. The SMILES string of the molecule is C1=Cc2[nH]c3ccccc3c2C=CC1.CC.CNC1=C(c2ccccc2-c2ccc3c(c2)C2(c4cc(C)ccc4-c4ccc(-n5c6c(c7ccccc75)C=CC=CC6)cc42)C24C=C(n5c6c(c7ccccc75)C=CCC6)C=CC32C4)C2CC2C=C1. The summed E-state index contributed by atoms with van der Waals surface area (Å²) < 4.78 is 5.22. The highest BCUT2D eigenvalue weighted by Gasteiger charge is 2.82. The number of aryl methyl sites for hydroxylation is 1. The number of nitrogens with one attached hydrogen (secondary N) is 2. The number of allylic oxidation sites excluding steroid dienone is 13. The van der Waals surface area contributed by atoms with Gasteiger partial charge < -0.3 is 19.4 Å². The van der Waals surface area contributed by atoms with E-state index >= 15 is 0 Å². The van der Waals surface area contributed by atoms with Gasteiger partial charge in [0, 0.05) is 96.8 Å². The predicted molar refractivity (Wildman–Crippen MR) is 358 cm³/mol. The second-order valence-electron chi connectivity index (χ2n) is 24.7. The number of aromatic amines is 1. The molecule has 4 heteroatoms. The minimum Gasteiger partial charge on any atom is -0.388 e. The average molecular weight is 1100 g/mol. The number of likely N-dealkylation sites (N-methyl/N-ethyl adjacent to an activating group) is 1. The first-order valence-electron chi connectivity index (χ1n) is 31.2. The summed E-state index contributed by atoms with van der Waals surface area (Å²) in [6.07, 6.45) is 41.5. The molecule has 0 aliphatic heterocycles. The van der Waals surface area contributed by atoms with E-state index in [1.54, 1.807) is 0 Å². The van der Waals surface area contributed by atoms with Crippen LogP contribution >= 0.6 is 0 Å². The molecule has 10 aromatic rings. The molecule has 2 fully saturated rings. The zero-order valence-corrected chi connectivity index (χ0v) is 48.9. The van der Waals surface area contributed by atoms with Gasteiger partial charge in [-0.2, -0.15) is 0 Å². The van der Waals surface area contributed by atoms with Crippen LogP contribution in [0.5, 0.6) is 0 Å². The molecule has 9 aliphatic carbocycles. The molecule has 1 spiro atoms. The Kier molecular flexibility index (Phi) is 11.1. The molecule has 7 aromatic carbocycles. The number of para-hydroxylation sites is 3. The van der Waals surface area contributed by atoms with Crippen molar-refractivity contribution in [2.75, 3.05) is 7.05 Å². The Hall–Kier alpha value is -9.38. The summed E-state index contributed by atoms with van der Waals surface area (Å²) in [5.41, 5.74) is 30.0. The Balaban J connectivity index is 0.000000308. The Morgan fingerprint density at radius 3 is 2.15 bits per heavy atom. The molecule has 3 heterocycles. The van der Waals surface area contributed by atoms with Crippen molar-refractivity contribution in [2.24, 2.45) is 17.3 Å². The van der Waals surface area contributed by atoms with Crippen molar-refractivity contribution < 1.29 is 0 Å². The number of nitrogens with zero attached hydrogens (tertiary/aromatic N) is 2. The van der Waals surface area contributed by atoms with Crippen LogP contribution in [-0.4, -0.2) is 21.2 Å². The van der Waals surface area contributed by atoms with E-state index in [1.165, 1.54) is 151 Å². The lowest BCUT2D eigenvalue weighted by atomic mass is 9.62. The molecule has 85 heavy (non-hydrogen) atoms. The lowest BCUT2D eigenvalue weighted by molar-refractivity contribution is 0.431. The highest BCUT2D eigenvalue weighted by molar-refractivity contribution is 5.99. The van der Waals surface area contributed by atoms with Crippen LogP contribution < -0.4 is 5.32 Å². The van der Waals surface area contributed by atoms with Gasteiger partial charge in [0.2, 0.25) is 0 Å². The topological polar surface area (TPSA) is 37.7 Å². The van der Waals surface area contributed by atoms with E-state index in [1.807, 2.05) is 13.8 Å². The summed E-state index contributed by atoms with van der Waals surface area (Å²) in [7, 11) is 2.08. The normalized spacial score (nSPS) is 23.1. The summed E-state index contributed by atoms with van der Waals surface area (Å²) in [6.45, 7) is 6.30. The van der Waals surface area contributed by atoms with Gasteiger partial charge in [0.25, 0.3) is 0 Å². The van der Waals surface area contributed by atoms with Gasteiger partial charge in [-0.05, 0) is 161 Å². The molecule has 0 radical (unpaired) electrons. The van der Waals surface area contributed by atoms with E-state index in [0.717, 1.165) is 32.1 Å². The van der Waals surface area contributed by atoms with Crippen molar-refractivity contribution in [3.8, 4) is 27.9 Å². The molecule has 412 valence electrons. The fourth-order valence-corrected chi connectivity index (χ4v) is 17.1. The van der Waals surface area contributed by atoms with Crippen LogP contribution in [0.15, 0.2) is 224 Å². The summed E-state index contributed by atoms with van der Waals surface area (Å²) in [5.74, 6) is 1.20. The monoisotopic (exact) mass is 1100 g/mol. The Bertz CT molecular complexity index is 4830. The lowest BCUT2D eigenvalue weighted by Crippen LogP contribution is -2.37. The van der Waals surface area contributed by atoms with Gasteiger partial charge in [-0.15, -0.1) is 0 Å². The molecular formula is C81H68N4. The first-order valence-corrected chi connectivity index (χ1v) is 31.2. The van der Waals surface area contributed by atoms with Gasteiger partial charge in [-0.1, -0.05) is 208 Å². The molecule has 0 saturated heterocycles. The number of fused-ring (bicyclic) bond motifs is 17. The van der Waals surface area contributed by atoms with Crippen LogP contribution in [0.1, 0.15) is 107 Å². The third-order valence-corrected chi connectivity index (χ3v) is 20.6. The van der Waals surface area contributed by atoms with E-state index in [-0.39, 0.29) is 10.8 Å². The van der Waals surface area contributed by atoms with Crippen LogP contribution in [0, 0.1) is 24.2 Å². The maximum Gasteiger partial charge on any atom is 0.0571 e. The van der Waals surface area contributed by atoms with E-state index in [4.69, 9.17) is 0 Å². The van der Waals surface area contributed by atoms with Gasteiger partial charge in [0.05, 0.1) is 16.4 Å². The van der Waals surface area contributed by atoms with Crippen molar-refractivity contribution >= 4 is 68.3 Å². The maximum atomic E-state index is 3.60. The van der Waals surface area contributed by atoms with Crippen LogP contribution in [-0.2, 0) is 23.7 Å². The van der Waals surface area contributed by atoms with Crippen LogP contribution in [0.25, 0.3) is 96.2 Å². The highest BCUT2D eigenvalue weighted by atomic mass is 15.0. The van der Waals surface area contributed by atoms with E-state index in [0.29, 0.717) is 11.8 Å². The standard InChI is InChI=1S/C66H51N3.C13H11N.C2H6/c1-40-24-28-46-47-29-27-43(68-59-20-5-3-4-15-48(59)49-16-8-11-21-60(49)68)37-56(47)66(55(46)34-40)57-36-42(45-14-6-7-19-52(45)63-53-35-41(53)26-31-58(63)67-2)25-30-54(57)64-33-32-44(38-65(64,66)39-64)69-61-22-12-9-17-50(61)51-18-10-13-23-62(51)69;1-2-6-10-11-7-4-5-9-13(11)14-12(10)8-3-1;1-2/h3-12,14-19,21-22,24-34,36-38,41,53,67H,13,20,23,35,39H2,1-2H3;2-9,14H,1H2;1-2H3. The van der Waals surface area contributed by atoms with Crippen molar-refractivity contribution in [1.82, 2.24) is 19.4 Å². The largest absolute Gasteiger partial charge is 0.388 e. The molecule has 5 atom stereocenters. The van der Waals surface area contributed by atoms with Crippen LogP contribution in [0.4, 0.5) is 0 Å². The Labute approximate surface area is 498 Å². The zero-order valence-electron chi connectivity index (χ0n) is 48.9. The minimum atomic E-state index is -0.469. The molecule has 0 amide bonds. The fourth-order valence-electron chi connectivity index (χ4n) is 17.1. The summed E-state index contributed by atoms with van der Waals surface area (Å²) in [4.78, 5) is 3.42. The van der Waals surface area contributed by atoms with Gasteiger partial charge in [-0.25, -0.2) is 0 Å². The second kappa shape index (κ2) is 18.8. The fraction of sp³-hybridized carbons (Fsp3) is 0.185. The third kappa shape index (κ3) is 6.91. The summed E-state index contributed by atoms with van der Waals surface area (Å²) in [6, 6.07) is 58.4. The first kappa shape index (κ1) is 50.2. The average Bonchev–Trinajstić information content (AvgIpc) is 1.43. The van der Waals surface area contributed by atoms with Gasteiger partial charge in [-0.3, -0.25) is 0 Å². The molecule has 0 bridgehead atoms. The molecule has 9 aliphatic rings. The van der Waals surface area contributed by atoms with E-state index in [9.17, 15) is 0 Å². The quantitative estimate of drug-likeness (QED) is 0.177. The third-order valence-electron chi connectivity index (χ3n) is 20.6. The number of hydrogen-bond donors (Lipinski definition) is 2. The van der Waals surface area contributed by atoms with Crippen molar-refractivity contribution in [3.05, 3.63) is 291 Å². The van der Waals surface area contributed by atoms with Crippen LogP contribution in [0.3, 0.4) is 0 Å². The van der Waals surface area contributed by atoms with E-state index < -0.39 is 5.41 Å². The van der Waals surface area contributed by atoms with Crippen molar-refractivity contribution in [3.63, 3.8) is 0 Å². The smallest absolute Gasteiger partial charge is 0.0571 e. The molecule has 5 unspecified atom stereocenters. The summed E-state index contributed by atoms with van der Waals surface area (Å²) >= 11 is 0. The minimum absolute atomic E-state index is 0.157. The lowest BCUT2D eigenvalue weighted by Gasteiger charge is -2.39. The number of benzene rings is 7. The van der Waals surface area contributed by atoms with E-state index in [2.05, 4.69) is 276 Å². The molecule has 2 N–H and O–H groups in total. The highest BCUT2D eigenvalue weighted by Crippen LogP contribution is 2.86. The first-order chi connectivity index (χ1) is 42.0.